The van der Waals surface area contributed by atoms with E-state index in [1.165, 1.54) is 0 Å². The summed E-state index contributed by atoms with van der Waals surface area (Å²) < 4.78 is 16.2. The van der Waals surface area contributed by atoms with Crippen LogP contribution in [0, 0.1) is 6.92 Å². The third-order valence-electron chi connectivity index (χ3n) is 4.26. The first-order chi connectivity index (χ1) is 13.9. The molecule has 0 radical (unpaired) electrons. The number of carbonyl (C=O) groups excluding carboxylic acids is 1. The highest BCUT2D eigenvalue weighted by Gasteiger charge is 2.15. The van der Waals surface area contributed by atoms with Crippen molar-refractivity contribution in [2.24, 2.45) is 0 Å². The number of aromatic nitrogens is 1. The van der Waals surface area contributed by atoms with Gasteiger partial charge >= 0.3 is 0 Å². The Labute approximate surface area is 178 Å². The van der Waals surface area contributed by atoms with Crippen LogP contribution in [0.4, 0.5) is 0 Å². The van der Waals surface area contributed by atoms with E-state index in [1.54, 1.807) is 32.4 Å². The Morgan fingerprint density at radius 2 is 1.79 bits per heavy atom. The Morgan fingerprint density at radius 3 is 2.52 bits per heavy atom. The molecule has 0 atom stereocenters. The third kappa shape index (κ3) is 4.83. The highest BCUT2D eigenvalue weighted by Crippen LogP contribution is 2.37. The van der Waals surface area contributed by atoms with E-state index >= 15 is 0 Å². The number of halogens is 2. The lowest BCUT2D eigenvalue weighted by Gasteiger charge is -2.13. The molecule has 0 aliphatic carbocycles. The topological polar surface area (TPSA) is 69.7 Å². The lowest BCUT2D eigenvalue weighted by atomic mass is 10.2. The van der Waals surface area contributed by atoms with Crippen LogP contribution < -0.4 is 19.5 Å². The van der Waals surface area contributed by atoms with E-state index in [-0.39, 0.29) is 12.5 Å². The predicted molar refractivity (Wildman–Crippen MR) is 113 cm³/mol. The highest BCUT2D eigenvalue weighted by molar-refractivity contribution is 6.39. The molecule has 0 aliphatic rings. The zero-order valence-corrected chi connectivity index (χ0v) is 17.7. The van der Waals surface area contributed by atoms with Crippen LogP contribution in [-0.2, 0) is 11.3 Å². The summed E-state index contributed by atoms with van der Waals surface area (Å²) in [6.07, 6.45) is 0. The van der Waals surface area contributed by atoms with Gasteiger partial charge in [0, 0.05) is 17.6 Å². The Hall–Kier alpha value is -2.70. The highest BCUT2D eigenvalue weighted by atomic mass is 35.5. The van der Waals surface area contributed by atoms with Gasteiger partial charge in [0.2, 0.25) is 0 Å². The number of rotatable bonds is 7. The predicted octanol–water partition coefficient (Wildman–Crippen LogP) is 4.56. The molecular formula is C21H20Cl2N2O4. The summed E-state index contributed by atoms with van der Waals surface area (Å²) >= 11 is 12.5. The average Bonchev–Trinajstić information content (AvgIpc) is 2.71. The van der Waals surface area contributed by atoms with Crippen LogP contribution in [-0.4, -0.2) is 31.7 Å². The monoisotopic (exact) mass is 434 g/mol. The second-order valence-corrected chi connectivity index (χ2v) is 7.09. The molecule has 3 rings (SSSR count). The Bertz CT molecular complexity index is 1060. The molecule has 1 aromatic heterocycles. The molecule has 1 amide bonds. The molecule has 0 fully saturated rings. The fourth-order valence-electron chi connectivity index (χ4n) is 2.81. The maximum atomic E-state index is 12.3. The second-order valence-electron chi connectivity index (χ2n) is 6.27. The number of hydrogen-bond donors (Lipinski definition) is 1. The van der Waals surface area contributed by atoms with Crippen LogP contribution in [0.1, 0.15) is 11.3 Å². The molecule has 0 saturated heterocycles. The summed E-state index contributed by atoms with van der Waals surface area (Å²) in [4.78, 5) is 16.7. The van der Waals surface area contributed by atoms with E-state index in [1.807, 2.05) is 25.1 Å². The summed E-state index contributed by atoms with van der Waals surface area (Å²) in [6.45, 7) is 1.96. The van der Waals surface area contributed by atoms with Crippen LogP contribution in [0.15, 0.2) is 36.4 Å². The van der Waals surface area contributed by atoms with Gasteiger partial charge < -0.3 is 19.5 Å². The van der Waals surface area contributed by atoms with Gasteiger partial charge in [-0.25, -0.2) is 4.98 Å². The normalized spacial score (nSPS) is 10.7. The van der Waals surface area contributed by atoms with E-state index in [9.17, 15) is 4.79 Å². The fourth-order valence-corrected chi connectivity index (χ4v) is 3.38. The summed E-state index contributed by atoms with van der Waals surface area (Å²) in [5, 5.41) is 4.28. The number of nitrogens with zero attached hydrogens (tertiary/aromatic N) is 1. The molecule has 0 saturated carbocycles. The van der Waals surface area contributed by atoms with Gasteiger partial charge in [-0.1, -0.05) is 29.3 Å². The van der Waals surface area contributed by atoms with Gasteiger partial charge in [-0.15, -0.1) is 0 Å². The molecule has 6 nitrogen and oxygen atoms in total. The summed E-state index contributed by atoms with van der Waals surface area (Å²) in [6, 6.07) is 10.7. The van der Waals surface area contributed by atoms with E-state index in [4.69, 9.17) is 37.4 Å². The molecule has 0 unspecified atom stereocenters. The van der Waals surface area contributed by atoms with E-state index in [0.717, 1.165) is 11.3 Å². The Morgan fingerprint density at radius 1 is 1.03 bits per heavy atom. The van der Waals surface area contributed by atoms with Crippen molar-refractivity contribution in [3.05, 3.63) is 57.7 Å². The van der Waals surface area contributed by atoms with Crippen LogP contribution in [0.3, 0.4) is 0 Å². The van der Waals surface area contributed by atoms with Gasteiger partial charge in [-0.3, -0.25) is 4.79 Å². The van der Waals surface area contributed by atoms with Crippen LogP contribution >= 0.6 is 23.2 Å². The first kappa shape index (κ1) is 21.0. The van der Waals surface area contributed by atoms with Gasteiger partial charge in [-0.05, 0) is 42.8 Å². The van der Waals surface area contributed by atoms with Crippen molar-refractivity contribution in [3.8, 4) is 17.2 Å². The molecule has 3 aromatic rings. The minimum absolute atomic E-state index is 0.209. The van der Waals surface area contributed by atoms with Crippen LogP contribution in [0.25, 0.3) is 10.9 Å². The van der Waals surface area contributed by atoms with E-state index in [2.05, 4.69) is 10.3 Å². The zero-order chi connectivity index (χ0) is 21.0. The largest absolute Gasteiger partial charge is 0.493 e. The summed E-state index contributed by atoms with van der Waals surface area (Å²) in [5.41, 5.74) is 2.18. The number of fused-ring (bicyclic) bond motifs is 1. The molecule has 152 valence electrons. The molecule has 8 heteroatoms. The van der Waals surface area contributed by atoms with E-state index < -0.39 is 0 Å². The minimum Gasteiger partial charge on any atom is -0.493 e. The van der Waals surface area contributed by atoms with Crippen molar-refractivity contribution in [2.45, 2.75) is 13.5 Å². The lowest BCUT2D eigenvalue weighted by molar-refractivity contribution is -0.123. The SMILES string of the molecule is COc1ccc(CNC(=O)COc2c(Cl)cc(Cl)c3ccc(C)nc23)cc1OC. The van der Waals surface area contributed by atoms with Gasteiger partial charge in [0.05, 0.1) is 24.3 Å². The Kier molecular flexibility index (Phi) is 6.67. The maximum absolute atomic E-state index is 12.3. The van der Waals surface area contributed by atoms with Crippen molar-refractivity contribution in [1.82, 2.24) is 10.3 Å². The smallest absolute Gasteiger partial charge is 0.258 e. The molecule has 1 heterocycles. The van der Waals surface area contributed by atoms with Crippen molar-refractivity contribution in [1.29, 1.82) is 0 Å². The van der Waals surface area contributed by atoms with Crippen molar-refractivity contribution in [3.63, 3.8) is 0 Å². The van der Waals surface area contributed by atoms with Crippen LogP contribution in [0.5, 0.6) is 17.2 Å². The standard InChI is InChI=1S/C21H20Cl2N2O4/c1-12-4-6-14-15(22)9-16(23)21(20(14)25-12)29-11-19(26)24-10-13-5-7-17(27-2)18(8-13)28-3/h4-9H,10-11H2,1-3H3,(H,24,26). The number of hydrogen-bond acceptors (Lipinski definition) is 5. The number of ether oxygens (including phenoxy) is 3. The quantitative estimate of drug-likeness (QED) is 0.589. The number of carbonyl (C=O) groups is 1. The summed E-state index contributed by atoms with van der Waals surface area (Å²) in [7, 11) is 3.13. The molecule has 2 aromatic carbocycles. The molecule has 0 spiro atoms. The number of nitrogens with one attached hydrogen (secondary N) is 1. The maximum Gasteiger partial charge on any atom is 0.258 e. The molecule has 29 heavy (non-hydrogen) atoms. The molecule has 1 N–H and O–H groups in total. The number of benzene rings is 2. The van der Waals surface area contributed by atoms with Gasteiger partial charge in [-0.2, -0.15) is 0 Å². The Balaban J connectivity index is 1.68. The number of aryl methyl sites for hydroxylation is 1. The van der Waals surface area contributed by atoms with E-state index in [0.29, 0.717) is 44.7 Å². The number of methoxy groups -OCH3 is 2. The van der Waals surface area contributed by atoms with Crippen molar-refractivity contribution < 1.29 is 19.0 Å². The molecule has 0 bridgehead atoms. The lowest BCUT2D eigenvalue weighted by Crippen LogP contribution is -2.28. The first-order valence-electron chi connectivity index (χ1n) is 8.78. The minimum atomic E-state index is -0.299. The average molecular weight is 435 g/mol. The molecular weight excluding hydrogens is 415 g/mol. The molecule has 0 aliphatic heterocycles. The van der Waals surface area contributed by atoms with Crippen molar-refractivity contribution in [2.75, 3.05) is 20.8 Å². The van der Waals surface area contributed by atoms with Gasteiger partial charge in [0.15, 0.2) is 23.9 Å². The summed E-state index contributed by atoms with van der Waals surface area (Å²) in [5.74, 6) is 1.25. The number of pyridine rings is 1. The van der Waals surface area contributed by atoms with Crippen molar-refractivity contribution >= 4 is 40.0 Å². The third-order valence-corrected chi connectivity index (χ3v) is 4.86. The van der Waals surface area contributed by atoms with Gasteiger partial charge in [0.1, 0.15) is 5.52 Å². The van der Waals surface area contributed by atoms with Gasteiger partial charge in [0.25, 0.3) is 5.91 Å². The van der Waals surface area contributed by atoms with Crippen LogP contribution in [0.2, 0.25) is 10.0 Å². The number of amides is 1. The zero-order valence-electron chi connectivity index (χ0n) is 16.2. The second kappa shape index (κ2) is 9.20. The first-order valence-corrected chi connectivity index (χ1v) is 9.54. The fraction of sp³-hybridized carbons (Fsp3) is 0.238.